The van der Waals surface area contributed by atoms with E-state index in [1.807, 2.05) is 13.8 Å². The molecule has 22 heavy (non-hydrogen) atoms. The van der Waals surface area contributed by atoms with Gasteiger partial charge in [0.2, 0.25) is 5.91 Å². The molecule has 7 heteroatoms. The van der Waals surface area contributed by atoms with E-state index in [1.54, 1.807) is 37.2 Å². The van der Waals surface area contributed by atoms with Crippen molar-refractivity contribution in [3.05, 3.63) is 28.8 Å². The number of nitrogens with zero attached hydrogens (tertiary/aromatic N) is 1. The predicted molar refractivity (Wildman–Crippen MR) is 93.1 cm³/mol. The van der Waals surface area contributed by atoms with Crippen LogP contribution in [0.15, 0.2) is 18.2 Å². The van der Waals surface area contributed by atoms with Gasteiger partial charge in [0.1, 0.15) is 0 Å². The number of rotatable bonds is 6. The minimum atomic E-state index is -0.145. The molecule has 124 valence electrons. The highest BCUT2D eigenvalue weighted by Crippen LogP contribution is 2.24. The Bertz CT molecular complexity index is 522. The molecular formula is C15H23Cl2N3O2. The highest BCUT2D eigenvalue weighted by molar-refractivity contribution is 6.33. The molecule has 0 fully saturated rings. The van der Waals surface area contributed by atoms with Gasteiger partial charge in [0.15, 0.2) is 0 Å². The van der Waals surface area contributed by atoms with Crippen LogP contribution in [0.3, 0.4) is 0 Å². The number of nitrogens with one attached hydrogen (secondary N) is 2. The number of carbonyl (C=O) groups is 2. The van der Waals surface area contributed by atoms with Crippen LogP contribution in [0.1, 0.15) is 30.6 Å². The summed E-state index contributed by atoms with van der Waals surface area (Å²) >= 11 is 6.07. The van der Waals surface area contributed by atoms with E-state index in [-0.39, 0.29) is 30.3 Å². The first-order chi connectivity index (χ1) is 9.86. The van der Waals surface area contributed by atoms with Crippen molar-refractivity contribution >= 4 is 41.5 Å². The zero-order valence-corrected chi connectivity index (χ0v) is 14.8. The van der Waals surface area contributed by atoms with Crippen molar-refractivity contribution in [1.29, 1.82) is 0 Å². The average molecular weight is 348 g/mol. The van der Waals surface area contributed by atoms with Crippen molar-refractivity contribution in [2.45, 2.75) is 26.3 Å². The molecule has 0 unspecified atom stereocenters. The number of anilines is 1. The second-order valence-corrected chi connectivity index (χ2v) is 5.51. The molecule has 2 amide bonds. The zero-order valence-electron chi connectivity index (χ0n) is 13.3. The maximum atomic E-state index is 12.3. The first kappa shape index (κ1) is 20.7. The number of benzene rings is 1. The van der Waals surface area contributed by atoms with Crippen LogP contribution in [-0.2, 0) is 4.79 Å². The van der Waals surface area contributed by atoms with E-state index < -0.39 is 0 Å². The molecule has 0 aromatic heterocycles. The number of amides is 2. The van der Waals surface area contributed by atoms with E-state index in [4.69, 9.17) is 11.6 Å². The van der Waals surface area contributed by atoms with E-state index in [0.29, 0.717) is 29.2 Å². The van der Waals surface area contributed by atoms with Gasteiger partial charge in [-0.15, -0.1) is 12.4 Å². The van der Waals surface area contributed by atoms with Crippen LogP contribution in [-0.4, -0.2) is 43.4 Å². The monoisotopic (exact) mass is 347 g/mol. The summed E-state index contributed by atoms with van der Waals surface area (Å²) in [5.41, 5.74) is 0.959. The van der Waals surface area contributed by atoms with Crippen LogP contribution in [0.2, 0.25) is 5.02 Å². The maximum absolute atomic E-state index is 12.3. The lowest BCUT2D eigenvalue weighted by Crippen LogP contribution is -2.33. The third-order valence-electron chi connectivity index (χ3n) is 3.18. The second kappa shape index (κ2) is 9.66. The van der Waals surface area contributed by atoms with Gasteiger partial charge in [0.25, 0.3) is 5.91 Å². The van der Waals surface area contributed by atoms with Crippen LogP contribution >= 0.6 is 24.0 Å². The molecule has 0 aliphatic carbocycles. The Morgan fingerprint density at radius 3 is 2.50 bits per heavy atom. The quantitative estimate of drug-likeness (QED) is 0.831. The molecule has 0 saturated heterocycles. The first-order valence-electron chi connectivity index (χ1n) is 6.88. The van der Waals surface area contributed by atoms with Gasteiger partial charge in [0.05, 0.1) is 10.7 Å². The number of hydrogen-bond acceptors (Lipinski definition) is 3. The van der Waals surface area contributed by atoms with Crippen molar-refractivity contribution in [2.75, 3.05) is 26.0 Å². The standard InChI is InChI=1S/C15H22ClN3O2.ClH/c1-10(2)19(4)15(21)11-5-6-12(16)13(9-11)18-14(20)7-8-17-3;/h5-6,9-10,17H,7-8H2,1-4H3,(H,18,20);1H. The van der Waals surface area contributed by atoms with Gasteiger partial charge in [-0.2, -0.15) is 0 Å². The second-order valence-electron chi connectivity index (χ2n) is 5.11. The van der Waals surface area contributed by atoms with E-state index >= 15 is 0 Å². The van der Waals surface area contributed by atoms with Gasteiger partial charge in [-0.05, 0) is 39.1 Å². The minimum absolute atomic E-state index is 0. The summed E-state index contributed by atoms with van der Waals surface area (Å²) in [4.78, 5) is 25.6. The van der Waals surface area contributed by atoms with Crippen molar-refractivity contribution in [3.8, 4) is 0 Å². The van der Waals surface area contributed by atoms with Gasteiger partial charge >= 0.3 is 0 Å². The molecule has 0 bridgehead atoms. The fourth-order valence-corrected chi connectivity index (χ4v) is 1.81. The normalized spacial score (nSPS) is 10.1. The molecule has 0 spiro atoms. The summed E-state index contributed by atoms with van der Waals surface area (Å²) < 4.78 is 0. The van der Waals surface area contributed by atoms with E-state index in [9.17, 15) is 9.59 Å². The largest absolute Gasteiger partial charge is 0.339 e. The van der Waals surface area contributed by atoms with Crippen molar-refractivity contribution < 1.29 is 9.59 Å². The van der Waals surface area contributed by atoms with Gasteiger partial charge in [-0.1, -0.05) is 11.6 Å². The van der Waals surface area contributed by atoms with Crippen molar-refractivity contribution in [3.63, 3.8) is 0 Å². The molecular weight excluding hydrogens is 325 g/mol. The van der Waals surface area contributed by atoms with E-state index in [2.05, 4.69) is 10.6 Å². The van der Waals surface area contributed by atoms with Crippen molar-refractivity contribution in [2.24, 2.45) is 0 Å². The van der Waals surface area contributed by atoms with Crippen LogP contribution in [0, 0.1) is 0 Å². The highest BCUT2D eigenvalue weighted by Gasteiger charge is 2.16. The van der Waals surface area contributed by atoms with Gasteiger partial charge in [0, 0.05) is 31.6 Å². The number of halogens is 2. The molecule has 0 aliphatic rings. The summed E-state index contributed by atoms with van der Waals surface area (Å²) in [5, 5.41) is 6.04. The Labute approximate surface area is 142 Å². The van der Waals surface area contributed by atoms with Gasteiger partial charge < -0.3 is 15.5 Å². The lowest BCUT2D eigenvalue weighted by molar-refractivity contribution is -0.116. The summed E-state index contributed by atoms with van der Waals surface area (Å²) in [6.45, 7) is 4.46. The smallest absolute Gasteiger partial charge is 0.253 e. The number of hydrogen-bond donors (Lipinski definition) is 2. The molecule has 0 radical (unpaired) electrons. The Balaban J connectivity index is 0.00000441. The van der Waals surface area contributed by atoms with Crippen LogP contribution in [0.5, 0.6) is 0 Å². The van der Waals surface area contributed by atoms with Crippen LogP contribution in [0.4, 0.5) is 5.69 Å². The van der Waals surface area contributed by atoms with E-state index in [0.717, 1.165) is 0 Å². The van der Waals surface area contributed by atoms with Gasteiger partial charge in [-0.3, -0.25) is 9.59 Å². The van der Waals surface area contributed by atoms with E-state index in [1.165, 1.54) is 0 Å². The SMILES string of the molecule is CNCCC(=O)Nc1cc(C(=O)N(C)C(C)C)ccc1Cl.Cl. The minimum Gasteiger partial charge on any atom is -0.339 e. The average Bonchev–Trinajstić information content (AvgIpc) is 2.45. The summed E-state index contributed by atoms with van der Waals surface area (Å²) in [5.74, 6) is -0.250. The topological polar surface area (TPSA) is 61.4 Å². The third kappa shape index (κ3) is 5.83. The molecule has 2 N–H and O–H groups in total. The fourth-order valence-electron chi connectivity index (χ4n) is 1.64. The molecule has 0 saturated carbocycles. The molecule has 1 aromatic rings. The third-order valence-corrected chi connectivity index (χ3v) is 3.51. The number of carbonyl (C=O) groups excluding carboxylic acids is 2. The lowest BCUT2D eigenvalue weighted by atomic mass is 10.1. The first-order valence-corrected chi connectivity index (χ1v) is 7.25. The molecule has 5 nitrogen and oxygen atoms in total. The molecule has 0 heterocycles. The predicted octanol–water partition coefficient (Wildman–Crippen LogP) is 2.79. The summed E-state index contributed by atoms with van der Waals surface area (Å²) in [6, 6.07) is 4.99. The Hall–Kier alpha value is -1.30. The van der Waals surface area contributed by atoms with Gasteiger partial charge in [-0.25, -0.2) is 0 Å². The Morgan fingerprint density at radius 2 is 1.95 bits per heavy atom. The Morgan fingerprint density at radius 1 is 1.32 bits per heavy atom. The molecule has 0 atom stereocenters. The summed E-state index contributed by atoms with van der Waals surface area (Å²) in [6.07, 6.45) is 0.344. The Kier molecular flexibility index (Phi) is 9.09. The molecule has 0 aliphatic heterocycles. The van der Waals surface area contributed by atoms with Crippen molar-refractivity contribution in [1.82, 2.24) is 10.2 Å². The van der Waals surface area contributed by atoms with Crippen LogP contribution in [0.25, 0.3) is 0 Å². The molecule has 1 rings (SSSR count). The fraction of sp³-hybridized carbons (Fsp3) is 0.467. The highest BCUT2D eigenvalue weighted by atomic mass is 35.5. The molecule has 1 aromatic carbocycles. The lowest BCUT2D eigenvalue weighted by Gasteiger charge is -2.22. The zero-order chi connectivity index (χ0) is 16.0. The maximum Gasteiger partial charge on any atom is 0.253 e. The summed E-state index contributed by atoms with van der Waals surface area (Å²) in [7, 11) is 3.52. The van der Waals surface area contributed by atoms with Crippen LogP contribution < -0.4 is 10.6 Å².